The molecule has 0 aliphatic rings. The molecule has 4 nitrogen and oxygen atoms in total. The number of amides is 1. The highest BCUT2D eigenvalue weighted by molar-refractivity contribution is 5.76. The van der Waals surface area contributed by atoms with Crippen molar-refractivity contribution in [2.45, 2.75) is 19.4 Å². The molecule has 1 atom stereocenters. The van der Waals surface area contributed by atoms with Crippen LogP contribution in [0.4, 0.5) is 5.69 Å². The van der Waals surface area contributed by atoms with Gasteiger partial charge in [0.25, 0.3) is 0 Å². The van der Waals surface area contributed by atoms with Crippen molar-refractivity contribution in [2.24, 2.45) is 0 Å². The third-order valence-electron chi connectivity index (χ3n) is 2.22. The van der Waals surface area contributed by atoms with Crippen LogP contribution in [0.15, 0.2) is 36.9 Å². The van der Waals surface area contributed by atoms with Gasteiger partial charge < -0.3 is 15.8 Å². The molecule has 0 radical (unpaired) electrons. The molecule has 1 amide bonds. The van der Waals surface area contributed by atoms with Gasteiger partial charge in [0.2, 0.25) is 5.91 Å². The van der Waals surface area contributed by atoms with E-state index in [2.05, 4.69) is 11.9 Å². The van der Waals surface area contributed by atoms with Gasteiger partial charge >= 0.3 is 0 Å². The average Bonchev–Trinajstić information content (AvgIpc) is 2.31. The zero-order chi connectivity index (χ0) is 12.7. The first-order valence-corrected chi connectivity index (χ1v) is 5.52. The molecular weight excluding hydrogens is 216 g/mol. The summed E-state index contributed by atoms with van der Waals surface area (Å²) >= 11 is 0. The lowest BCUT2D eigenvalue weighted by atomic mass is 10.3. The normalized spacial score (nSPS) is 11.6. The highest BCUT2D eigenvalue weighted by atomic mass is 16.5. The van der Waals surface area contributed by atoms with Crippen molar-refractivity contribution in [3.05, 3.63) is 36.9 Å². The molecular formula is C13H18N2O2. The minimum Gasteiger partial charge on any atom is -0.493 e. The number of hydrogen-bond donors (Lipinski definition) is 2. The molecule has 0 saturated carbocycles. The van der Waals surface area contributed by atoms with Crippen molar-refractivity contribution in [1.82, 2.24) is 5.32 Å². The molecule has 3 N–H and O–H groups in total. The number of carbonyl (C=O) groups is 1. The molecule has 1 unspecified atom stereocenters. The van der Waals surface area contributed by atoms with Gasteiger partial charge in [-0.25, -0.2) is 0 Å². The predicted octanol–water partition coefficient (Wildman–Crippen LogP) is 1.73. The van der Waals surface area contributed by atoms with Gasteiger partial charge in [-0.2, -0.15) is 0 Å². The standard InChI is InChI=1S/C13H18N2O2/c1-3-10(2)15-13(16)8-9-17-12-6-4-11(14)5-7-12/h3-7,10H,1,8-9,14H2,2H3,(H,15,16). The fourth-order valence-electron chi connectivity index (χ4n) is 1.21. The summed E-state index contributed by atoms with van der Waals surface area (Å²) in [5, 5.41) is 2.77. The largest absolute Gasteiger partial charge is 0.493 e. The Morgan fingerprint density at radius 2 is 2.18 bits per heavy atom. The number of ether oxygens (including phenoxy) is 1. The van der Waals surface area contributed by atoms with Gasteiger partial charge in [0.15, 0.2) is 0 Å². The van der Waals surface area contributed by atoms with Crippen LogP contribution in [-0.4, -0.2) is 18.6 Å². The van der Waals surface area contributed by atoms with Crippen molar-refractivity contribution in [2.75, 3.05) is 12.3 Å². The summed E-state index contributed by atoms with van der Waals surface area (Å²) in [4.78, 5) is 11.4. The molecule has 1 rings (SSSR count). The Labute approximate surface area is 101 Å². The summed E-state index contributed by atoms with van der Waals surface area (Å²) in [5.41, 5.74) is 6.23. The highest BCUT2D eigenvalue weighted by Gasteiger charge is 2.04. The van der Waals surface area contributed by atoms with Crippen LogP contribution in [-0.2, 0) is 4.79 Å². The Kier molecular flexibility index (Phi) is 5.07. The number of hydrogen-bond acceptors (Lipinski definition) is 3. The van der Waals surface area contributed by atoms with Crippen LogP contribution in [0.5, 0.6) is 5.75 Å². The molecule has 4 heteroatoms. The van der Waals surface area contributed by atoms with E-state index in [0.717, 1.165) is 0 Å². The molecule has 0 fully saturated rings. The van der Waals surface area contributed by atoms with Crippen molar-refractivity contribution >= 4 is 11.6 Å². The van der Waals surface area contributed by atoms with Crippen LogP contribution in [0.3, 0.4) is 0 Å². The number of nitrogen functional groups attached to an aromatic ring is 1. The molecule has 0 bridgehead atoms. The van der Waals surface area contributed by atoms with Crippen molar-refractivity contribution in [1.29, 1.82) is 0 Å². The van der Waals surface area contributed by atoms with Crippen molar-refractivity contribution < 1.29 is 9.53 Å². The second kappa shape index (κ2) is 6.58. The fourth-order valence-corrected chi connectivity index (χ4v) is 1.21. The first kappa shape index (κ1) is 13.1. The molecule has 17 heavy (non-hydrogen) atoms. The quantitative estimate of drug-likeness (QED) is 0.582. The third kappa shape index (κ3) is 5.06. The number of anilines is 1. The maximum atomic E-state index is 11.4. The minimum atomic E-state index is -0.0483. The summed E-state index contributed by atoms with van der Waals surface area (Å²) in [6.07, 6.45) is 2.00. The van der Waals surface area contributed by atoms with Crippen molar-refractivity contribution in [3.63, 3.8) is 0 Å². The Balaban J connectivity index is 2.25. The van der Waals surface area contributed by atoms with Gasteiger partial charge in [-0.3, -0.25) is 4.79 Å². The summed E-state index contributed by atoms with van der Waals surface area (Å²) in [5.74, 6) is 0.664. The molecule has 0 saturated heterocycles. The van der Waals surface area contributed by atoms with E-state index in [1.165, 1.54) is 0 Å². The van der Waals surface area contributed by atoms with Gasteiger partial charge in [0.1, 0.15) is 5.75 Å². The van der Waals surface area contributed by atoms with E-state index in [-0.39, 0.29) is 11.9 Å². The van der Waals surface area contributed by atoms with Gasteiger partial charge in [0.05, 0.1) is 13.0 Å². The molecule has 92 valence electrons. The van der Waals surface area contributed by atoms with E-state index < -0.39 is 0 Å². The zero-order valence-corrected chi connectivity index (χ0v) is 9.98. The first-order chi connectivity index (χ1) is 8.11. The SMILES string of the molecule is C=CC(C)NC(=O)CCOc1ccc(N)cc1. The third-order valence-corrected chi connectivity index (χ3v) is 2.22. The Morgan fingerprint density at radius 1 is 1.53 bits per heavy atom. The number of benzene rings is 1. The monoisotopic (exact) mass is 234 g/mol. The lowest BCUT2D eigenvalue weighted by Crippen LogP contribution is -2.31. The Bertz CT molecular complexity index is 374. The number of rotatable bonds is 6. The molecule has 1 aromatic rings. The lowest BCUT2D eigenvalue weighted by molar-refractivity contribution is -0.121. The zero-order valence-electron chi connectivity index (χ0n) is 9.98. The van der Waals surface area contributed by atoms with E-state index in [9.17, 15) is 4.79 Å². The minimum absolute atomic E-state index is 0.0148. The average molecular weight is 234 g/mol. The summed E-state index contributed by atoms with van der Waals surface area (Å²) in [7, 11) is 0. The maximum Gasteiger partial charge on any atom is 0.223 e. The summed E-state index contributed by atoms with van der Waals surface area (Å²) < 4.78 is 5.40. The smallest absolute Gasteiger partial charge is 0.223 e. The topological polar surface area (TPSA) is 64.3 Å². The number of nitrogens with two attached hydrogens (primary N) is 1. The first-order valence-electron chi connectivity index (χ1n) is 5.52. The summed E-state index contributed by atoms with van der Waals surface area (Å²) in [6.45, 7) is 5.81. The van der Waals surface area contributed by atoms with Gasteiger partial charge in [-0.1, -0.05) is 6.08 Å². The van der Waals surface area contributed by atoms with Crippen LogP contribution < -0.4 is 15.8 Å². The molecule has 0 aliphatic heterocycles. The van der Waals surface area contributed by atoms with Gasteiger partial charge in [-0.15, -0.1) is 6.58 Å². The molecule has 0 aliphatic carbocycles. The van der Waals surface area contributed by atoms with E-state index in [1.807, 2.05) is 6.92 Å². The lowest BCUT2D eigenvalue weighted by Gasteiger charge is -2.10. The van der Waals surface area contributed by atoms with E-state index in [0.29, 0.717) is 24.5 Å². The molecule has 0 heterocycles. The Morgan fingerprint density at radius 3 is 2.76 bits per heavy atom. The molecule has 0 spiro atoms. The number of nitrogens with one attached hydrogen (secondary N) is 1. The maximum absolute atomic E-state index is 11.4. The van der Waals surface area contributed by atoms with Crippen molar-refractivity contribution in [3.8, 4) is 5.75 Å². The van der Waals surface area contributed by atoms with Crippen LogP contribution in [0.25, 0.3) is 0 Å². The second-order valence-corrected chi connectivity index (χ2v) is 3.76. The van der Waals surface area contributed by atoms with Crippen LogP contribution >= 0.6 is 0 Å². The van der Waals surface area contributed by atoms with E-state index in [4.69, 9.17) is 10.5 Å². The van der Waals surface area contributed by atoms with Crippen LogP contribution in [0.2, 0.25) is 0 Å². The Hall–Kier alpha value is -1.97. The van der Waals surface area contributed by atoms with Gasteiger partial charge in [0, 0.05) is 11.7 Å². The number of carbonyl (C=O) groups excluding carboxylic acids is 1. The van der Waals surface area contributed by atoms with Crippen LogP contribution in [0.1, 0.15) is 13.3 Å². The second-order valence-electron chi connectivity index (χ2n) is 3.76. The highest BCUT2D eigenvalue weighted by Crippen LogP contribution is 2.12. The van der Waals surface area contributed by atoms with E-state index in [1.54, 1.807) is 30.3 Å². The van der Waals surface area contributed by atoms with E-state index >= 15 is 0 Å². The fraction of sp³-hybridized carbons (Fsp3) is 0.308. The molecule has 0 aromatic heterocycles. The predicted molar refractivity (Wildman–Crippen MR) is 68.8 cm³/mol. The van der Waals surface area contributed by atoms with Crippen LogP contribution in [0, 0.1) is 0 Å². The molecule has 1 aromatic carbocycles. The summed E-state index contributed by atoms with van der Waals surface area (Å²) in [6, 6.07) is 7.06. The van der Waals surface area contributed by atoms with Gasteiger partial charge in [-0.05, 0) is 31.2 Å².